The zero-order valence-electron chi connectivity index (χ0n) is 7.96. The molecule has 1 fully saturated rings. The van der Waals surface area contributed by atoms with Gasteiger partial charge in [-0.25, -0.2) is 0 Å². The molecule has 4 nitrogen and oxygen atoms in total. The maximum Gasteiger partial charge on any atom is 0.271 e. The lowest BCUT2D eigenvalue weighted by Crippen LogP contribution is -2.25. The standard InChI is InChI=1S/C9H12ClN3O/c1-13-8(10)4-7(12-13)9(14)11-5-6-2-3-6/h4,6H,2-3,5H2,1H3,(H,11,14). The maximum atomic E-state index is 11.5. The molecule has 0 aromatic carbocycles. The van der Waals surface area contributed by atoms with Crippen molar-refractivity contribution in [2.75, 3.05) is 6.54 Å². The molecule has 0 bridgehead atoms. The fraction of sp³-hybridized carbons (Fsp3) is 0.556. The van der Waals surface area contributed by atoms with E-state index in [9.17, 15) is 4.79 Å². The second kappa shape index (κ2) is 3.61. The predicted octanol–water partition coefficient (Wildman–Crippen LogP) is 1.21. The largest absolute Gasteiger partial charge is 0.350 e. The molecule has 5 heteroatoms. The summed E-state index contributed by atoms with van der Waals surface area (Å²) in [5.74, 6) is 0.539. The minimum Gasteiger partial charge on any atom is -0.350 e. The first kappa shape index (κ1) is 9.52. The van der Waals surface area contributed by atoms with Gasteiger partial charge in [-0.1, -0.05) is 11.6 Å². The van der Waals surface area contributed by atoms with Crippen LogP contribution in [0.3, 0.4) is 0 Å². The SMILES string of the molecule is Cn1nc(C(=O)NCC2CC2)cc1Cl. The summed E-state index contributed by atoms with van der Waals surface area (Å²) in [7, 11) is 1.71. The van der Waals surface area contributed by atoms with Crippen LogP contribution in [0.5, 0.6) is 0 Å². The van der Waals surface area contributed by atoms with Crippen LogP contribution in [0.4, 0.5) is 0 Å². The van der Waals surface area contributed by atoms with Gasteiger partial charge in [-0.2, -0.15) is 5.10 Å². The number of carbonyl (C=O) groups excluding carboxylic acids is 1. The van der Waals surface area contributed by atoms with E-state index in [-0.39, 0.29) is 5.91 Å². The summed E-state index contributed by atoms with van der Waals surface area (Å²) in [4.78, 5) is 11.5. The van der Waals surface area contributed by atoms with Gasteiger partial charge in [0.1, 0.15) is 5.15 Å². The Hall–Kier alpha value is -1.03. The molecule has 1 aliphatic rings. The van der Waals surface area contributed by atoms with Crippen LogP contribution in [0.2, 0.25) is 5.15 Å². The van der Waals surface area contributed by atoms with Crippen molar-refractivity contribution in [3.05, 3.63) is 16.9 Å². The molecule has 1 aliphatic carbocycles. The van der Waals surface area contributed by atoms with Crippen LogP contribution in [0.1, 0.15) is 23.3 Å². The lowest BCUT2D eigenvalue weighted by Gasteiger charge is -1.99. The Kier molecular flexibility index (Phi) is 2.46. The first-order chi connectivity index (χ1) is 6.66. The fourth-order valence-electron chi connectivity index (χ4n) is 1.20. The average molecular weight is 214 g/mol. The van der Waals surface area contributed by atoms with E-state index in [1.165, 1.54) is 17.5 Å². The maximum absolute atomic E-state index is 11.5. The molecule has 0 radical (unpaired) electrons. The molecule has 1 N–H and O–H groups in total. The molecule has 0 aliphatic heterocycles. The van der Waals surface area contributed by atoms with Gasteiger partial charge < -0.3 is 5.32 Å². The van der Waals surface area contributed by atoms with Gasteiger partial charge in [0, 0.05) is 19.7 Å². The lowest BCUT2D eigenvalue weighted by molar-refractivity contribution is 0.0946. The summed E-state index contributed by atoms with van der Waals surface area (Å²) in [6, 6.07) is 1.57. The summed E-state index contributed by atoms with van der Waals surface area (Å²) >= 11 is 5.77. The van der Waals surface area contributed by atoms with Gasteiger partial charge in [0.2, 0.25) is 0 Å². The van der Waals surface area contributed by atoms with Crippen LogP contribution >= 0.6 is 11.6 Å². The van der Waals surface area contributed by atoms with Crippen LogP contribution in [-0.4, -0.2) is 22.2 Å². The van der Waals surface area contributed by atoms with Crippen molar-refractivity contribution in [3.8, 4) is 0 Å². The number of aryl methyl sites for hydroxylation is 1. The molecule has 0 unspecified atom stereocenters. The molecule has 1 aromatic heterocycles. The average Bonchev–Trinajstić information content (AvgIpc) is 2.91. The molecular formula is C9H12ClN3O. The minimum atomic E-state index is -0.139. The van der Waals surface area contributed by atoms with Gasteiger partial charge in [0.15, 0.2) is 5.69 Å². The van der Waals surface area contributed by atoms with Crippen LogP contribution in [0, 0.1) is 5.92 Å². The third-order valence-electron chi connectivity index (χ3n) is 2.30. The van der Waals surface area contributed by atoms with Crippen LogP contribution in [-0.2, 0) is 7.05 Å². The Morgan fingerprint density at radius 2 is 2.50 bits per heavy atom. The highest BCUT2D eigenvalue weighted by Gasteiger charge is 2.22. The summed E-state index contributed by atoms with van der Waals surface area (Å²) < 4.78 is 1.48. The molecule has 1 amide bonds. The Labute approximate surface area is 87.2 Å². The van der Waals surface area contributed by atoms with Crippen LogP contribution in [0.25, 0.3) is 0 Å². The molecule has 0 saturated heterocycles. The second-order valence-electron chi connectivity index (χ2n) is 3.63. The number of nitrogens with one attached hydrogen (secondary N) is 1. The zero-order chi connectivity index (χ0) is 10.1. The summed E-state index contributed by atoms with van der Waals surface area (Å²) in [6.07, 6.45) is 2.45. The van der Waals surface area contributed by atoms with Gasteiger partial charge in [0.25, 0.3) is 5.91 Å². The lowest BCUT2D eigenvalue weighted by atomic mass is 10.3. The van der Waals surface area contributed by atoms with E-state index in [0.717, 1.165) is 6.54 Å². The quantitative estimate of drug-likeness (QED) is 0.821. The zero-order valence-corrected chi connectivity index (χ0v) is 8.71. The number of nitrogens with zero attached hydrogens (tertiary/aromatic N) is 2. The molecule has 1 saturated carbocycles. The number of hydrogen-bond acceptors (Lipinski definition) is 2. The predicted molar refractivity (Wildman–Crippen MR) is 53.3 cm³/mol. The first-order valence-electron chi connectivity index (χ1n) is 4.64. The number of aromatic nitrogens is 2. The Morgan fingerprint density at radius 1 is 1.79 bits per heavy atom. The summed E-state index contributed by atoms with van der Waals surface area (Å²) in [5, 5.41) is 7.28. The normalized spacial score (nSPS) is 15.6. The van der Waals surface area contributed by atoms with E-state index in [1.807, 2.05) is 0 Å². The molecule has 0 spiro atoms. The van der Waals surface area contributed by atoms with Crippen molar-refractivity contribution in [1.82, 2.24) is 15.1 Å². The van der Waals surface area contributed by atoms with E-state index in [1.54, 1.807) is 13.1 Å². The van der Waals surface area contributed by atoms with Crippen molar-refractivity contribution < 1.29 is 4.79 Å². The van der Waals surface area contributed by atoms with Crippen LogP contribution < -0.4 is 5.32 Å². The molecule has 0 atom stereocenters. The highest BCUT2D eigenvalue weighted by molar-refractivity contribution is 6.29. The topological polar surface area (TPSA) is 46.9 Å². The van der Waals surface area contributed by atoms with Crippen molar-refractivity contribution in [2.45, 2.75) is 12.8 Å². The fourth-order valence-corrected chi connectivity index (χ4v) is 1.35. The Balaban J connectivity index is 1.95. The number of halogens is 1. The van der Waals surface area contributed by atoms with Crippen molar-refractivity contribution in [1.29, 1.82) is 0 Å². The third kappa shape index (κ3) is 2.07. The van der Waals surface area contributed by atoms with E-state index < -0.39 is 0 Å². The van der Waals surface area contributed by atoms with Gasteiger partial charge >= 0.3 is 0 Å². The van der Waals surface area contributed by atoms with Crippen molar-refractivity contribution in [2.24, 2.45) is 13.0 Å². The molecular weight excluding hydrogens is 202 g/mol. The molecule has 1 aromatic rings. The van der Waals surface area contributed by atoms with Gasteiger partial charge in [0.05, 0.1) is 0 Å². The number of rotatable bonds is 3. The van der Waals surface area contributed by atoms with E-state index in [2.05, 4.69) is 10.4 Å². The first-order valence-corrected chi connectivity index (χ1v) is 5.02. The Bertz CT molecular complexity index is 337. The minimum absolute atomic E-state index is 0.139. The van der Waals surface area contributed by atoms with E-state index >= 15 is 0 Å². The molecule has 76 valence electrons. The Morgan fingerprint density at radius 3 is 3.00 bits per heavy atom. The molecule has 1 heterocycles. The molecule has 2 rings (SSSR count). The molecule has 14 heavy (non-hydrogen) atoms. The van der Waals surface area contributed by atoms with Gasteiger partial charge in [-0.3, -0.25) is 9.48 Å². The number of carbonyl (C=O) groups is 1. The van der Waals surface area contributed by atoms with E-state index in [0.29, 0.717) is 16.8 Å². The van der Waals surface area contributed by atoms with Gasteiger partial charge in [-0.05, 0) is 18.8 Å². The van der Waals surface area contributed by atoms with Crippen molar-refractivity contribution >= 4 is 17.5 Å². The summed E-state index contributed by atoms with van der Waals surface area (Å²) in [6.45, 7) is 0.757. The number of amides is 1. The second-order valence-corrected chi connectivity index (χ2v) is 4.02. The third-order valence-corrected chi connectivity index (χ3v) is 2.66. The smallest absolute Gasteiger partial charge is 0.271 e. The number of hydrogen-bond donors (Lipinski definition) is 1. The monoisotopic (exact) mass is 213 g/mol. The van der Waals surface area contributed by atoms with Gasteiger partial charge in [-0.15, -0.1) is 0 Å². The highest BCUT2D eigenvalue weighted by Crippen LogP contribution is 2.27. The van der Waals surface area contributed by atoms with Crippen LogP contribution in [0.15, 0.2) is 6.07 Å². The summed E-state index contributed by atoms with van der Waals surface area (Å²) in [5.41, 5.74) is 0.387. The van der Waals surface area contributed by atoms with E-state index in [4.69, 9.17) is 11.6 Å². The highest BCUT2D eigenvalue weighted by atomic mass is 35.5. The van der Waals surface area contributed by atoms with Crippen molar-refractivity contribution in [3.63, 3.8) is 0 Å².